The molecule has 3 aromatic rings. The summed E-state index contributed by atoms with van der Waals surface area (Å²) in [5, 5.41) is 0. The summed E-state index contributed by atoms with van der Waals surface area (Å²) in [6.07, 6.45) is -0.911. The number of allylic oxidation sites excluding steroid dienone is 1. The number of rotatable bonds is 6. The number of benzene rings is 3. The molecule has 1 amide bonds. The zero-order chi connectivity index (χ0) is 26.1. The summed E-state index contributed by atoms with van der Waals surface area (Å²) in [5.74, 6) is -0.519. The van der Waals surface area contributed by atoms with Gasteiger partial charge in [-0.15, -0.1) is 0 Å². The fourth-order valence-corrected chi connectivity index (χ4v) is 4.89. The van der Waals surface area contributed by atoms with Crippen LogP contribution < -0.4 is 0 Å². The third kappa shape index (κ3) is 4.60. The zero-order valence-corrected chi connectivity index (χ0v) is 20.4. The lowest BCUT2D eigenvalue weighted by atomic mass is 9.60. The van der Waals surface area contributed by atoms with E-state index in [2.05, 4.69) is 0 Å². The molecule has 186 valence electrons. The van der Waals surface area contributed by atoms with E-state index in [1.54, 1.807) is 41.3 Å². The Kier molecular flexibility index (Phi) is 6.65. The summed E-state index contributed by atoms with van der Waals surface area (Å²) in [6.45, 7) is 5.82. The number of carbonyl (C=O) groups excluding carboxylic acids is 2. The van der Waals surface area contributed by atoms with Crippen molar-refractivity contribution < 1.29 is 22.8 Å². The first-order valence-electron chi connectivity index (χ1n) is 11.8. The molecule has 1 aliphatic heterocycles. The van der Waals surface area contributed by atoms with Crippen molar-refractivity contribution in [2.24, 2.45) is 5.41 Å². The second-order valence-corrected chi connectivity index (χ2v) is 10.1. The van der Waals surface area contributed by atoms with Gasteiger partial charge in [0.05, 0.1) is 11.6 Å². The van der Waals surface area contributed by atoms with E-state index in [1.807, 2.05) is 57.2 Å². The van der Waals surface area contributed by atoms with Gasteiger partial charge in [-0.3, -0.25) is 9.59 Å². The molecule has 0 N–H and O–H groups in total. The van der Waals surface area contributed by atoms with Crippen molar-refractivity contribution in [1.82, 2.24) is 4.90 Å². The average molecular weight is 492 g/mol. The Morgan fingerprint density at radius 3 is 1.97 bits per heavy atom. The molecule has 3 aromatic carbocycles. The van der Waals surface area contributed by atoms with Crippen LogP contribution in [0.2, 0.25) is 0 Å². The Morgan fingerprint density at radius 2 is 1.44 bits per heavy atom. The second-order valence-electron chi connectivity index (χ2n) is 10.1. The lowest BCUT2D eigenvalue weighted by Crippen LogP contribution is -2.71. The van der Waals surface area contributed by atoms with Crippen LogP contribution >= 0.6 is 0 Å². The summed E-state index contributed by atoms with van der Waals surface area (Å²) in [4.78, 5) is 29.6. The minimum Gasteiger partial charge on any atom is -0.328 e. The minimum atomic E-state index is -4.41. The summed E-state index contributed by atoms with van der Waals surface area (Å²) in [5.41, 5.74) is -0.744. The number of carbonyl (C=O) groups is 2. The summed E-state index contributed by atoms with van der Waals surface area (Å²) in [6, 6.07) is 22.6. The van der Waals surface area contributed by atoms with Crippen LogP contribution in [0.15, 0.2) is 91.0 Å². The van der Waals surface area contributed by atoms with Gasteiger partial charge in [0.1, 0.15) is 5.41 Å². The van der Waals surface area contributed by atoms with Crippen molar-refractivity contribution in [3.8, 4) is 0 Å². The van der Waals surface area contributed by atoms with E-state index in [0.29, 0.717) is 11.1 Å². The van der Waals surface area contributed by atoms with Crippen molar-refractivity contribution in [2.45, 2.75) is 44.9 Å². The maximum absolute atomic E-state index is 14.0. The van der Waals surface area contributed by atoms with Gasteiger partial charge in [-0.1, -0.05) is 84.9 Å². The monoisotopic (exact) mass is 491 g/mol. The van der Waals surface area contributed by atoms with Gasteiger partial charge in [0, 0.05) is 11.1 Å². The molecule has 2 atom stereocenters. The number of likely N-dealkylation sites (tertiary alicyclic amines) is 1. The summed E-state index contributed by atoms with van der Waals surface area (Å²) in [7, 11) is 0. The number of amides is 1. The lowest BCUT2D eigenvalue weighted by Gasteiger charge is -2.60. The van der Waals surface area contributed by atoms with Crippen molar-refractivity contribution in [3.63, 3.8) is 0 Å². The van der Waals surface area contributed by atoms with Gasteiger partial charge in [-0.05, 0) is 50.5 Å². The van der Waals surface area contributed by atoms with E-state index in [0.717, 1.165) is 17.7 Å². The van der Waals surface area contributed by atoms with Gasteiger partial charge < -0.3 is 4.90 Å². The van der Waals surface area contributed by atoms with E-state index in [1.165, 1.54) is 12.1 Å². The molecule has 0 radical (unpaired) electrons. The van der Waals surface area contributed by atoms with Crippen molar-refractivity contribution in [2.75, 3.05) is 0 Å². The molecule has 1 aliphatic rings. The Balaban J connectivity index is 1.76. The lowest BCUT2D eigenvalue weighted by molar-refractivity contribution is -0.177. The third-order valence-electron chi connectivity index (χ3n) is 6.59. The first kappa shape index (κ1) is 25.4. The Hall–Kier alpha value is -3.67. The fourth-order valence-electron chi connectivity index (χ4n) is 4.89. The maximum atomic E-state index is 14.0. The predicted octanol–water partition coefficient (Wildman–Crippen LogP) is 7.36. The highest BCUT2D eigenvalue weighted by atomic mass is 19.4. The molecule has 0 spiro atoms. The van der Waals surface area contributed by atoms with E-state index >= 15 is 0 Å². The van der Waals surface area contributed by atoms with Crippen molar-refractivity contribution >= 4 is 17.8 Å². The number of ketones is 1. The number of hydrogen-bond donors (Lipinski definition) is 0. The Morgan fingerprint density at radius 1 is 0.889 bits per heavy atom. The van der Waals surface area contributed by atoms with Crippen molar-refractivity contribution in [1.29, 1.82) is 0 Å². The first-order valence-corrected chi connectivity index (χ1v) is 11.8. The zero-order valence-electron chi connectivity index (χ0n) is 20.4. The molecule has 0 saturated carbocycles. The number of β-lactam (4-membered cyclic amide) rings is 1. The summed E-state index contributed by atoms with van der Waals surface area (Å²) >= 11 is 0. The highest BCUT2D eigenvalue weighted by Crippen LogP contribution is 2.57. The van der Waals surface area contributed by atoms with Crippen LogP contribution in [0.3, 0.4) is 0 Å². The van der Waals surface area contributed by atoms with E-state index < -0.39 is 28.7 Å². The quantitative estimate of drug-likeness (QED) is 0.205. The number of alkyl halides is 3. The molecule has 0 aliphatic carbocycles. The third-order valence-corrected chi connectivity index (χ3v) is 6.59. The first-order chi connectivity index (χ1) is 17.0. The average Bonchev–Trinajstić information content (AvgIpc) is 2.84. The fraction of sp³-hybridized carbons (Fsp3) is 0.267. The van der Waals surface area contributed by atoms with Crippen LogP contribution in [-0.2, 0) is 11.0 Å². The topological polar surface area (TPSA) is 37.4 Å². The van der Waals surface area contributed by atoms with Gasteiger partial charge in [0.25, 0.3) is 0 Å². The van der Waals surface area contributed by atoms with Crippen LogP contribution in [-0.4, -0.2) is 22.1 Å². The Labute approximate surface area is 209 Å². The van der Waals surface area contributed by atoms with Gasteiger partial charge in [0.15, 0.2) is 5.78 Å². The largest absolute Gasteiger partial charge is 0.416 e. The van der Waals surface area contributed by atoms with Crippen LogP contribution in [0.5, 0.6) is 0 Å². The number of halogens is 3. The molecule has 3 nitrogen and oxygen atoms in total. The second kappa shape index (κ2) is 9.41. The molecule has 6 heteroatoms. The molecular formula is C30H28F3NO2. The molecule has 1 heterocycles. The van der Waals surface area contributed by atoms with Crippen LogP contribution in [0.1, 0.15) is 60.3 Å². The highest BCUT2D eigenvalue weighted by molar-refractivity contribution is 6.18. The SMILES string of the molecule is CC(C)(C)N1C(=O)[C@](C/C=C/c2ccc(C(F)(F)F)cc2)(C(=O)c2ccccc2)[C@@H]1c1ccccc1. The molecule has 1 fully saturated rings. The molecule has 4 rings (SSSR count). The van der Waals surface area contributed by atoms with Crippen molar-refractivity contribution in [3.05, 3.63) is 113 Å². The maximum Gasteiger partial charge on any atom is 0.416 e. The van der Waals surface area contributed by atoms with E-state index in [-0.39, 0.29) is 18.1 Å². The standard InChI is InChI=1S/C30H28F3NO2/c1-28(2,3)34-25(22-12-6-4-7-13-22)29(27(34)36,26(35)23-14-8-5-9-15-23)20-10-11-21-16-18-24(19-17-21)30(31,32)33/h4-19,25H,20H2,1-3H3/b11-10+/t25-,29-/m0/s1. The molecule has 0 aromatic heterocycles. The predicted molar refractivity (Wildman–Crippen MR) is 134 cm³/mol. The molecule has 0 unspecified atom stereocenters. The number of Topliss-reactive ketones (excluding diaryl/α,β-unsaturated/α-hetero) is 1. The smallest absolute Gasteiger partial charge is 0.328 e. The van der Waals surface area contributed by atoms with Gasteiger partial charge in [-0.2, -0.15) is 13.2 Å². The molecule has 0 bridgehead atoms. The molecule has 36 heavy (non-hydrogen) atoms. The number of nitrogens with zero attached hydrogens (tertiary/aromatic N) is 1. The van der Waals surface area contributed by atoms with Gasteiger partial charge >= 0.3 is 6.18 Å². The molecular weight excluding hydrogens is 463 g/mol. The summed E-state index contributed by atoms with van der Waals surface area (Å²) < 4.78 is 38.7. The van der Waals surface area contributed by atoms with Crippen LogP contribution in [0.4, 0.5) is 13.2 Å². The number of hydrogen-bond acceptors (Lipinski definition) is 2. The molecule has 1 saturated heterocycles. The highest BCUT2D eigenvalue weighted by Gasteiger charge is 2.66. The van der Waals surface area contributed by atoms with Crippen LogP contribution in [0, 0.1) is 5.41 Å². The van der Waals surface area contributed by atoms with Crippen LogP contribution in [0.25, 0.3) is 6.08 Å². The minimum absolute atomic E-state index is 0.118. The van der Waals surface area contributed by atoms with Gasteiger partial charge in [0.2, 0.25) is 5.91 Å². The van der Waals surface area contributed by atoms with Gasteiger partial charge in [-0.25, -0.2) is 0 Å². The van der Waals surface area contributed by atoms with E-state index in [9.17, 15) is 22.8 Å². The van der Waals surface area contributed by atoms with E-state index in [4.69, 9.17) is 0 Å². The Bertz CT molecular complexity index is 1260. The normalized spacial score (nSPS) is 20.4.